The number of alkyl halides is 2. The zero-order valence-corrected chi connectivity index (χ0v) is 7.05. The molecule has 0 aromatic carbocycles. The van der Waals surface area contributed by atoms with Gasteiger partial charge in [-0.25, -0.2) is 8.78 Å². The van der Waals surface area contributed by atoms with Gasteiger partial charge in [0.2, 0.25) is 5.92 Å². The van der Waals surface area contributed by atoms with Crippen LogP contribution >= 0.6 is 11.8 Å². The summed E-state index contributed by atoms with van der Waals surface area (Å²) in [6, 6.07) is 0. The molecule has 1 saturated carbocycles. The molecule has 0 saturated heterocycles. The molecule has 0 atom stereocenters. The quantitative estimate of drug-likeness (QED) is 0.607. The molecule has 0 radical (unpaired) electrons. The molecule has 0 amide bonds. The Morgan fingerprint density at radius 1 is 1.40 bits per heavy atom. The van der Waals surface area contributed by atoms with Crippen LogP contribution in [-0.4, -0.2) is 16.4 Å². The van der Waals surface area contributed by atoms with E-state index >= 15 is 0 Å². The summed E-state index contributed by atoms with van der Waals surface area (Å²) in [5, 5.41) is 0.705. The van der Waals surface area contributed by atoms with Gasteiger partial charge in [-0.15, -0.1) is 0 Å². The predicted molar refractivity (Wildman–Crippen MR) is 40.7 cm³/mol. The van der Waals surface area contributed by atoms with Gasteiger partial charge in [-0.1, -0.05) is 13.8 Å². The summed E-state index contributed by atoms with van der Waals surface area (Å²) in [6.45, 7) is 4.09. The van der Waals surface area contributed by atoms with Crippen molar-refractivity contribution in [2.24, 2.45) is 0 Å². The molecule has 0 nitrogen and oxygen atoms in total. The molecule has 1 rings (SSSR count). The van der Waals surface area contributed by atoms with E-state index in [2.05, 4.69) is 0 Å². The minimum atomic E-state index is -2.34. The first-order valence-electron chi connectivity index (χ1n) is 3.53. The van der Waals surface area contributed by atoms with Crippen LogP contribution < -0.4 is 0 Å². The highest BCUT2D eigenvalue weighted by Gasteiger charge is 2.45. The Morgan fingerprint density at radius 2 is 1.90 bits per heavy atom. The smallest absolute Gasteiger partial charge is 0.207 e. The molecule has 0 heterocycles. The minimum Gasteiger partial charge on any atom is -0.207 e. The van der Waals surface area contributed by atoms with Crippen molar-refractivity contribution >= 4 is 11.8 Å². The third-order valence-electron chi connectivity index (χ3n) is 1.52. The second kappa shape index (κ2) is 2.68. The van der Waals surface area contributed by atoms with Crippen LogP contribution in [0.1, 0.15) is 26.7 Å². The molecular formula is C7H12F2S. The Hall–Kier alpha value is 0.210. The molecule has 10 heavy (non-hydrogen) atoms. The number of rotatable bonds is 2. The molecule has 0 unspecified atom stereocenters. The predicted octanol–water partition coefficient (Wildman–Crippen LogP) is 2.93. The lowest BCUT2D eigenvalue weighted by molar-refractivity contribution is -0.0667. The molecule has 0 aliphatic heterocycles. The number of halogens is 2. The van der Waals surface area contributed by atoms with E-state index in [1.54, 1.807) is 11.8 Å². The summed E-state index contributed by atoms with van der Waals surface area (Å²) in [4.78, 5) is 0. The second-order valence-corrected chi connectivity index (χ2v) is 4.95. The van der Waals surface area contributed by atoms with Gasteiger partial charge in [0, 0.05) is 18.1 Å². The minimum absolute atomic E-state index is 0.0931. The topological polar surface area (TPSA) is 0 Å². The van der Waals surface area contributed by atoms with Crippen LogP contribution in [0, 0.1) is 0 Å². The number of hydrogen-bond acceptors (Lipinski definition) is 1. The van der Waals surface area contributed by atoms with Gasteiger partial charge in [-0.3, -0.25) is 0 Å². The summed E-state index contributed by atoms with van der Waals surface area (Å²) in [6.07, 6.45) is 0.186. The van der Waals surface area contributed by atoms with E-state index in [1.807, 2.05) is 13.8 Å². The fourth-order valence-electron chi connectivity index (χ4n) is 1.09. The van der Waals surface area contributed by atoms with Crippen molar-refractivity contribution < 1.29 is 8.78 Å². The Bertz CT molecular complexity index is 112. The van der Waals surface area contributed by atoms with Crippen LogP contribution in [0.15, 0.2) is 0 Å². The fraction of sp³-hybridized carbons (Fsp3) is 1.00. The van der Waals surface area contributed by atoms with Crippen LogP contribution in [0.2, 0.25) is 0 Å². The van der Waals surface area contributed by atoms with Gasteiger partial charge in [0.1, 0.15) is 0 Å². The lowest BCUT2D eigenvalue weighted by Gasteiger charge is -2.35. The van der Waals surface area contributed by atoms with Gasteiger partial charge in [0.15, 0.2) is 0 Å². The van der Waals surface area contributed by atoms with E-state index in [4.69, 9.17) is 0 Å². The lowest BCUT2D eigenvalue weighted by atomic mass is 9.94. The Balaban J connectivity index is 2.15. The van der Waals surface area contributed by atoms with E-state index in [-0.39, 0.29) is 18.1 Å². The first kappa shape index (κ1) is 8.31. The summed E-state index contributed by atoms with van der Waals surface area (Å²) in [7, 11) is 0. The third-order valence-corrected chi connectivity index (χ3v) is 2.78. The highest BCUT2D eigenvalue weighted by atomic mass is 32.2. The van der Waals surface area contributed by atoms with E-state index in [9.17, 15) is 8.78 Å². The summed E-state index contributed by atoms with van der Waals surface area (Å²) in [5.41, 5.74) is 0. The monoisotopic (exact) mass is 166 g/mol. The summed E-state index contributed by atoms with van der Waals surface area (Å²) < 4.78 is 24.5. The largest absolute Gasteiger partial charge is 0.250 e. The SMILES string of the molecule is CC(C)SC1CC(F)(F)C1. The summed E-state index contributed by atoms with van der Waals surface area (Å²) in [5.74, 6) is -2.34. The third kappa shape index (κ3) is 2.11. The van der Waals surface area contributed by atoms with E-state index in [0.29, 0.717) is 5.25 Å². The number of thioether (sulfide) groups is 1. The first-order chi connectivity index (χ1) is 4.49. The lowest BCUT2D eigenvalue weighted by Crippen LogP contribution is -2.38. The van der Waals surface area contributed by atoms with Crippen molar-refractivity contribution in [2.45, 2.75) is 43.1 Å². The molecule has 3 heteroatoms. The maximum absolute atomic E-state index is 12.2. The number of hydrogen-bond donors (Lipinski definition) is 0. The maximum atomic E-state index is 12.2. The highest BCUT2D eigenvalue weighted by Crippen LogP contribution is 2.45. The van der Waals surface area contributed by atoms with Gasteiger partial charge >= 0.3 is 0 Å². The van der Waals surface area contributed by atoms with E-state index in [1.165, 1.54) is 0 Å². The second-order valence-electron chi connectivity index (χ2n) is 3.07. The first-order valence-corrected chi connectivity index (χ1v) is 4.47. The Kier molecular flexibility index (Phi) is 2.23. The van der Waals surface area contributed by atoms with E-state index in [0.717, 1.165) is 0 Å². The molecule has 0 N–H and O–H groups in total. The van der Waals surface area contributed by atoms with Crippen LogP contribution in [-0.2, 0) is 0 Å². The van der Waals surface area contributed by atoms with Crippen LogP contribution in [0.5, 0.6) is 0 Å². The van der Waals surface area contributed by atoms with Crippen molar-refractivity contribution in [3.05, 3.63) is 0 Å². The normalized spacial score (nSPS) is 24.9. The zero-order valence-electron chi connectivity index (χ0n) is 6.23. The van der Waals surface area contributed by atoms with Crippen molar-refractivity contribution in [1.29, 1.82) is 0 Å². The molecule has 1 aliphatic rings. The molecule has 0 aromatic rings. The van der Waals surface area contributed by atoms with Gasteiger partial charge in [-0.2, -0.15) is 11.8 Å². The van der Waals surface area contributed by atoms with Crippen molar-refractivity contribution in [3.63, 3.8) is 0 Å². The van der Waals surface area contributed by atoms with Crippen molar-refractivity contribution in [3.8, 4) is 0 Å². The van der Waals surface area contributed by atoms with Crippen LogP contribution in [0.25, 0.3) is 0 Å². The van der Waals surface area contributed by atoms with Crippen molar-refractivity contribution in [2.75, 3.05) is 0 Å². The Labute approximate surface area is 64.4 Å². The molecule has 0 spiro atoms. The molecule has 1 aliphatic carbocycles. The zero-order chi connectivity index (χ0) is 7.78. The van der Waals surface area contributed by atoms with Crippen molar-refractivity contribution in [1.82, 2.24) is 0 Å². The molecule has 0 bridgehead atoms. The maximum Gasteiger partial charge on any atom is 0.250 e. The standard InChI is InChI=1S/C7H12F2S/c1-5(2)10-6-3-7(8,9)4-6/h5-6H,3-4H2,1-2H3. The molecule has 0 aromatic heterocycles. The molecule has 60 valence electrons. The summed E-state index contributed by atoms with van der Waals surface area (Å²) >= 11 is 1.66. The fourth-order valence-corrected chi connectivity index (χ4v) is 2.54. The van der Waals surface area contributed by atoms with Gasteiger partial charge < -0.3 is 0 Å². The van der Waals surface area contributed by atoms with Gasteiger partial charge in [-0.05, 0) is 5.25 Å². The average Bonchev–Trinajstić information content (AvgIpc) is 1.57. The van der Waals surface area contributed by atoms with Crippen LogP contribution in [0.4, 0.5) is 8.78 Å². The van der Waals surface area contributed by atoms with E-state index < -0.39 is 5.92 Å². The highest BCUT2D eigenvalue weighted by molar-refractivity contribution is 8.00. The Morgan fingerprint density at radius 3 is 2.20 bits per heavy atom. The van der Waals surface area contributed by atoms with Gasteiger partial charge in [0.25, 0.3) is 0 Å². The van der Waals surface area contributed by atoms with Crippen LogP contribution in [0.3, 0.4) is 0 Å². The average molecular weight is 166 g/mol. The molecular weight excluding hydrogens is 154 g/mol. The van der Waals surface area contributed by atoms with Gasteiger partial charge in [0.05, 0.1) is 0 Å². The molecule has 1 fully saturated rings.